The third-order valence-electron chi connectivity index (χ3n) is 4.44. The van der Waals surface area contributed by atoms with Crippen LogP contribution in [0.25, 0.3) is 10.2 Å². The number of benzene rings is 1. The van der Waals surface area contributed by atoms with Crippen LogP contribution in [0.1, 0.15) is 39.0 Å². The zero-order valence-electron chi connectivity index (χ0n) is 11.9. The second kappa shape index (κ2) is 6.44. The predicted octanol–water partition coefficient (Wildman–Crippen LogP) is 5.69. The lowest BCUT2D eigenvalue weighted by Crippen LogP contribution is -2.20. The smallest absolute Gasteiger partial charge is 0.183 e. The third-order valence-corrected chi connectivity index (χ3v) is 5.91. The van der Waals surface area contributed by atoms with Crippen molar-refractivity contribution in [3.8, 4) is 0 Å². The van der Waals surface area contributed by atoms with Crippen LogP contribution in [-0.2, 0) is 0 Å². The molecule has 1 N–H and O–H groups in total. The molecule has 1 aromatic carbocycles. The van der Waals surface area contributed by atoms with E-state index in [-0.39, 0.29) is 0 Å². The summed E-state index contributed by atoms with van der Waals surface area (Å²) in [6.07, 6.45) is 6.93. The minimum Gasteiger partial charge on any atom is -0.361 e. The van der Waals surface area contributed by atoms with Gasteiger partial charge >= 0.3 is 0 Å². The number of halogens is 1. The van der Waals surface area contributed by atoms with Crippen LogP contribution in [0.5, 0.6) is 0 Å². The molecule has 1 aliphatic carbocycles. The van der Waals surface area contributed by atoms with Crippen LogP contribution >= 0.6 is 27.3 Å². The summed E-state index contributed by atoms with van der Waals surface area (Å²) in [6, 6.07) is 6.27. The van der Waals surface area contributed by atoms with Crippen molar-refractivity contribution in [1.82, 2.24) is 4.98 Å². The van der Waals surface area contributed by atoms with Crippen LogP contribution in [0.15, 0.2) is 22.7 Å². The van der Waals surface area contributed by atoms with Crippen molar-refractivity contribution >= 4 is 42.6 Å². The van der Waals surface area contributed by atoms with Crippen molar-refractivity contribution in [1.29, 1.82) is 0 Å². The largest absolute Gasteiger partial charge is 0.361 e. The lowest BCUT2D eigenvalue weighted by Gasteiger charge is -2.27. The molecule has 20 heavy (non-hydrogen) atoms. The maximum absolute atomic E-state index is 4.66. The standard InChI is InChI=1S/C16H21BrN2S/c1-2-11-3-5-12(6-4-11)10-18-16-19-14-8-7-13(17)9-15(14)20-16/h7-9,11-12H,2-6,10H2,1H3,(H,18,19). The van der Waals surface area contributed by atoms with Gasteiger partial charge in [0.05, 0.1) is 10.2 Å². The first-order valence-corrected chi connectivity index (χ1v) is 9.15. The van der Waals surface area contributed by atoms with E-state index in [1.165, 1.54) is 36.8 Å². The Kier molecular flexibility index (Phi) is 4.61. The van der Waals surface area contributed by atoms with Gasteiger partial charge in [-0.1, -0.05) is 53.5 Å². The van der Waals surface area contributed by atoms with Crippen LogP contribution < -0.4 is 5.32 Å². The molecule has 1 heterocycles. The molecule has 0 amide bonds. The summed E-state index contributed by atoms with van der Waals surface area (Å²) in [6.45, 7) is 3.40. The molecule has 3 rings (SSSR count). The molecule has 0 saturated heterocycles. The van der Waals surface area contributed by atoms with Crippen molar-refractivity contribution in [3.63, 3.8) is 0 Å². The van der Waals surface area contributed by atoms with Crippen molar-refractivity contribution in [3.05, 3.63) is 22.7 Å². The van der Waals surface area contributed by atoms with E-state index in [0.717, 1.165) is 33.5 Å². The van der Waals surface area contributed by atoms with Crippen molar-refractivity contribution in [2.45, 2.75) is 39.0 Å². The number of hydrogen-bond acceptors (Lipinski definition) is 3. The van der Waals surface area contributed by atoms with E-state index in [1.807, 2.05) is 0 Å². The van der Waals surface area contributed by atoms with E-state index in [2.05, 4.69) is 51.4 Å². The highest BCUT2D eigenvalue weighted by molar-refractivity contribution is 9.10. The minimum absolute atomic E-state index is 0.830. The van der Waals surface area contributed by atoms with Gasteiger partial charge in [-0.15, -0.1) is 0 Å². The average molecular weight is 353 g/mol. The Morgan fingerprint density at radius 3 is 2.75 bits per heavy atom. The third kappa shape index (κ3) is 3.34. The molecule has 1 aromatic heterocycles. The van der Waals surface area contributed by atoms with Gasteiger partial charge in [-0.2, -0.15) is 0 Å². The van der Waals surface area contributed by atoms with E-state index in [9.17, 15) is 0 Å². The molecule has 0 atom stereocenters. The number of fused-ring (bicyclic) bond motifs is 1. The topological polar surface area (TPSA) is 24.9 Å². The van der Waals surface area contributed by atoms with Crippen LogP contribution in [0, 0.1) is 11.8 Å². The Labute approximate surface area is 133 Å². The van der Waals surface area contributed by atoms with Gasteiger partial charge in [0.1, 0.15) is 0 Å². The molecular formula is C16H21BrN2S. The Balaban J connectivity index is 1.57. The Morgan fingerprint density at radius 1 is 1.25 bits per heavy atom. The van der Waals surface area contributed by atoms with Crippen LogP contribution in [0.3, 0.4) is 0 Å². The van der Waals surface area contributed by atoms with Crippen LogP contribution in [-0.4, -0.2) is 11.5 Å². The lowest BCUT2D eigenvalue weighted by atomic mass is 9.81. The molecular weight excluding hydrogens is 332 g/mol. The lowest BCUT2D eigenvalue weighted by molar-refractivity contribution is 0.278. The van der Waals surface area contributed by atoms with Gasteiger partial charge in [-0.3, -0.25) is 0 Å². The van der Waals surface area contributed by atoms with Crippen LogP contribution in [0.4, 0.5) is 5.13 Å². The van der Waals surface area contributed by atoms with Gasteiger partial charge in [0.15, 0.2) is 5.13 Å². The molecule has 2 nitrogen and oxygen atoms in total. The molecule has 0 aliphatic heterocycles. The average Bonchev–Trinajstić information content (AvgIpc) is 2.87. The zero-order valence-corrected chi connectivity index (χ0v) is 14.3. The molecule has 1 aliphatic rings. The van der Waals surface area contributed by atoms with E-state index in [4.69, 9.17) is 0 Å². The normalized spacial score (nSPS) is 23.1. The summed E-state index contributed by atoms with van der Waals surface area (Å²) < 4.78 is 2.37. The van der Waals surface area contributed by atoms with Crippen molar-refractivity contribution in [2.75, 3.05) is 11.9 Å². The number of nitrogens with one attached hydrogen (secondary N) is 1. The van der Waals surface area contributed by atoms with E-state index < -0.39 is 0 Å². The predicted molar refractivity (Wildman–Crippen MR) is 91.5 cm³/mol. The maximum Gasteiger partial charge on any atom is 0.183 e. The first kappa shape index (κ1) is 14.3. The summed E-state index contributed by atoms with van der Waals surface area (Å²) in [7, 11) is 0. The number of aromatic nitrogens is 1. The minimum atomic E-state index is 0.830. The Bertz CT molecular complexity index is 573. The summed E-state index contributed by atoms with van der Waals surface area (Å²) in [4.78, 5) is 4.66. The second-order valence-electron chi connectivity index (χ2n) is 5.81. The number of anilines is 1. The van der Waals surface area contributed by atoms with Gasteiger partial charge in [0.25, 0.3) is 0 Å². The zero-order chi connectivity index (χ0) is 13.9. The first-order valence-electron chi connectivity index (χ1n) is 7.54. The molecule has 108 valence electrons. The van der Waals surface area contributed by atoms with Crippen LogP contribution in [0.2, 0.25) is 0 Å². The number of hydrogen-bond donors (Lipinski definition) is 1. The molecule has 0 bridgehead atoms. The highest BCUT2D eigenvalue weighted by Gasteiger charge is 2.19. The van der Waals surface area contributed by atoms with Gasteiger partial charge in [0, 0.05) is 11.0 Å². The molecule has 1 saturated carbocycles. The fraction of sp³-hybridized carbons (Fsp3) is 0.562. The van der Waals surface area contributed by atoms with Gasteiger partial charge in [-0.25, -0.2) is 4.98 Å². The molecule has 1 fully saturated rings. The highest BCUT2D eigenvalue weighted by atomic mass is 79.9. The Morgan fingerprint density at radius 2 is 2.00 bits per heavy atom. The SMILES string of the molecule is CCC1CCC(CNc2nc3ccc(Br)cc3s2)CC1. The summed E-state index contributed by atoms with van der Waals surface area (Å²) in [5.74, 6) is 1.81. The Hall–Kier alpha value is -0.610. The summed E-state index contributed by atoms with van der Waals surface area (Å²) >= 11 is 5.27. The fourth-order valence-electron chi connectivity index (χ4n) is 3.05. The number of nitrogens with zero attached hydrogens (tertiary/aromatic N) is 1. The molecule has 0 unspecified atom stereocenters. The molecule has 2 aromatic rings. The summed E-state index contributed by atoms with van der Waals surface area (Å²) in [5.41, 5.74) is 1.09. The number of rotatable bonds is 4. The molecule has 0 radical (unpaired) electrons. The fourth-order valence-corrected chi connectivity index (χ4v) is 4.47. The summed E-state index contributed by atoms with van der Waals surface area (Å²) in [5, 5.41) is 4.61. The van der Waals surface area contributed by atoms with Gasteiger partial charge in [-0.05, 0) is 42.9 Å². The quantitative estimate of drug-likeness (QED) is 0.764. The maximum atomic E-state index is 4.66. The highest BCUT2D eigenvalue weighted by Crippen LogP contribution is 2.32. The van der Waals surface area contributed by atoms with E-state index >= 15 is 0 Å². The van der Waals surface area contributed by atoms with E-state index in [1.54, 1.807) is 11.3 Å². The van der Waals surface area contributed by atoms with Gasteiger partial charge < -0.3 is 5.32 Å². The monoisotopic (exact) mass is 352 g/mol. The molecule has 0 spiro atoms. The second-order valence-corrected chi connectivity index (χ2v) is 7.75. The number of thiazole rings is 1. The van der Waals surface area contributed by atoms with Crippen molar-refractivity contribution < 1.29 is 0 Å². The van der Waals surface area contributed by atoms with Gasteiger partial charge in [0.2, 0.25) is 0 Å². The van der Waals surface area contributed by atoms with E-state index in [0.29, 0.717) is 0 Å². The van der Waals surface area contributed by atoms with Crippen molar-refractivity contribution in [2.24, 2.45) is 11.8 Å². The molecule has 4 heteroatoms. The first-order chi connectivity index (χ1) is 9.74.